The Labute approximate surface area is 149 Å². The lowest BCUT2D eigenvalue weighted by atomic mass is 10.2. The standard InChI is InChI=1S/C17H16ClN3O4/c1-10-3-5-12(8-13(10)18)20-16(23)17(24)21-19-9-11-4-6-14(22)15(7-11)25-2/h3-9,22H,1-2H3,(H,20,23)(H,21,24)/b19-9-. The lowest BCUT2D eigenvalue weighted by molar-refractivity contribution is -0.136. The fourth-order valence-corrected chi connectivity index (χ4v) is 2.03. The van der Waals surface area contributed by atoms with E-state index < -0.39 is 11.8 Å². The maximum Gasteiger partial charge on any atom is 0.329 e. The molecule has 0 bridgehead atoms. The first kappa shape index (κ1) is 18.3. The summed E-state index contributed by atoms with van der Waals surface area (Å²) in [5.74, 6) is -1.55. The molecule has 8 heteroatoms. The summed E-state index contributed by atoms with van der Waals surface area (Å²) in [4.78, 5) is 23.5. The van der Waals surface area contributed by atoms with Gasteiger partial charge in [-0.25, -0.2) is 5.43 Å². The van der Waals surface area contributed by atoms with Crippen molar-refractivity contribution < 1.29 is 19.4 Å². The number of benzene rings is 2. The van der Waals surface area contributed by atoms with Gasteiger partial charge in [-0.1, -0.05) is 17.7 Å². The third kappa shape index (κ3) is 4.95. The molecule has 0 fully saturated rings. The first-order chi connectivity index (χ1) is 11.9. The molecule has 25 heavy (non-hydrogen) atoms. The maximum absolute atomic E-state index is 11.8. The molecule has 0 aliphatic carbocycles. The number of methoxy groups -OCH3 is 1. The molecule has 2 amide bonds. The Morgan fingerprint density at radius 2 is 1.96 bits per heavy atom. The van der Waals surface area contributed by atoms with E-state index in [1.165, 1.54) is 25.5 Å². The second kappa shape index (κ2) is 8.16. The third-order valence-electron chi connectivity index (χ3n) is 3.22. The van der Waals surface area contributed by atoms with Crippen LogP contribution in [0, 0.1) is 6.92 Å². The minimum Gasteiger partial charge on any atom is -0.504 e. The van der Waals surface area contributed by atoms with Crippen LogP contribution in [0.3, 0.4) is 0 Å². The number of nitrogens with zero attached hydrogens (tertiary/aromatic N) is 1. The van der Waals surface area contributed by atoms with Crippen LogP contribution >= 0.6 is 11.6 Å². The van der Waals surface area contributed by atoms with Gasteiger partial charge in [0.15, 0.2) is 11.5 Å². The summed E-state index contributed by atoms with van der Waals surface area (Å²) >= 11 is 5.96. The molecule has 0 saturated heterocycles. The van der Waals surface area contributed by atoms with Gasteiger partial charge < -0.3 is 15.2 Å². The van der Waals surface area contributed by atoms with Crippen LogP contribution in [0.1, 0.15) is 11.1 Å². The maximum atomic E-state index is 11.8. The van der Waals surface area contributed by atoms with Crippen molar-refractivity contribution in [2.45, 2.75) is 6.92 Å². The molecule has 0 aliphatic heterocycles. The van der Waals surface area contributed by atoms with Crippen LogP contribution < -0.4 is 15.5 Å². The van der Waals surface area contributed by atoms with E-state index in [1.54, 1.807) is 24.3 Å². The van der Waals surface area contributed by atoms with Crippen molar-refractivity contribution in [3.8, 4) is 11.5 Å². The Balaban J connectivity index is 1.94. The summed E-state index contributed by atoms with van der Waals surface area (Å²) < 4.78 is 4.96. The van der Waals surface area contributed by atoms with Gasteiger partial charge >= 0.3 is 11.8 Å². The van der Waals surface area contributed by atoms with Crippen molar-refractivity contribution in [2.24, 2.45) is 5.10 Å². The quantitative estimate of drug-likeness (QED) is 0.442. The van der Waals surface area contributed by atoms with Gasteiger partial charge in [-0.2, -0.15) is 5.10 Å². The molecule has 2 aromatic carbocycles. The van der Waals surface area contributed by atoms with E-state index in [2.05, 4.69) is 15.8 Å². The average Bonchev–Trinajstić information content (AvgIpc) is 2.59. The Bertz CT molecular complexity index is 837. The molecule has 0 aromatic heterocycles. The van der Waals surface area contributed by atoms with Gasteiger partial charge in [-0.3, -0.25) is 9.59 Å². The summed E-state index contributed by atoms with van der Waals surface area (Å²) in [6.07, 6.45) is 1.32. The monoisotopic (exact) mass is 361 g/mol. The molecule has 3 N–H and O–H groups in total. The molecule has 0 radical (unpaired) electrons. The number of hydrogen-bond acceptors (Lipinski definition) is 5. The molecule has 130 valence electrons. The number of ether oxygens (including phenoxy) is 1. The number of phenolic OH excluding ortho intramolecular Hbond substituents is 1. The van der Waals surface area contributed by atoms with Crippen molar-refractivity contribution in [3.63, 3.8) is 0 Å². The number of rotatable bonds is 4. The molecular weight excluding hydrogens is 346 g/mol. The van der Waals surface area contributed by atoms with Gasteiger partial charge in [0, 0.05) is 10.7 Å². The van der Waals surface area contributed by atoms with Crippen LogP contribution in [0.2, 0.25) is 5.02 Å². The van der Waals surface area contributed by atoms with E-state index >= 15 is 0 Å². The summed E-state index contributed by atoms with van der Waals surface area (Å²) in [6.45, 7) is 1.83. The number of aromatic hydroxyl groups is 1. The summed E-state index contributed by atoms with van der Waals surface area (Å²) in [5, 5.41) is 16.1. The van der Waals surface area contributed by atoms with Crippen molar-refractivity contribution >= 4 is 35.3 Å². The van der Waals surface area contributed by atoms with Crippen molar-refractivity contribution in [1.29, 1.82) is 0 Å². The lowest BCUT2D eigenvalue weighted by Gasteiger charge is -2.06. The van der Waals surface area contributed by atoms with Gasteiger partial charge in [-0.15, -0.1) is 0 Å². The Morgan fingerprint density at radius 1 is 1.20 bits per heavy atom. The van der Waals surface area contributed by atoms with Gasteiger partial charge in [0.05, 0.1) is 13.3 Å². The van der Waals surface area contributed by atoms with Crippen LogP contribution in [-0.2, 0) is 9.59 Å². The number of aryl methyl sites for hydroxylation is 1. The normalized spacial score (nSPS) is 10.5. The fourth-order valence-electron chi connectivity index (χ4n) is 1.85. The number of carbonyl (C=O) groups is 2. The Morgan fingerprint density at radius 3 is 2.64 bits per heavy atom. The van der Waals surface area contributed by atoms with Crippen molar-refractivity contribution in [2.75, 3.05) is 12.4 Å². The molecule has 2 aromatic rings. The van der Waals surface area contributed by atoms with Crippen molar-refractivity contribution in [1.82, 2.24) is 5.43 Å². The highest BCUT2D eigenvalue weighted by molar-refractivity contribution is 6.39. The Hall–Kier alpha value is -3.06. The Kier molecular flexibility index (Phi) is 5.97. The van der Waals surface area contributed by atoms with E-state index in [4.69, 9.17) is 16.3 Å². The molecule has 0 saturated carbocycles. The van der Waals surface area contributed by atoms with Gasteiger partial charge in [-0.05, 0) is 48.4 Å². The van der Waals surface area contributed by atoms with E-state index in [9.17, 15) is 14.7 Å². The van der Waals surface area contributed by atoms with Gasteiger partial charge in [0.25, 0.3) is 0 Å². The minimum atomic E-state index is -0.932. The zero-order chi connectivity index (χ0) is 18.4. The first-order valence-corrected chi connectivity index (χ1v) is 7.56. The van der Waals surface area contributed by atoms with Crippen LogP contribution in [-0.4, -0.2) is 30.2 Å². The number of amides is 2. The van der Waals surface area contributed by atoms with Crippen LogP contribution in [0.15, 0.2) is 41.5 Å². The number of anilines is 1. The molecule has 0 aliphatic rings. The fraction of sp³-hybridized carbons (Fsp3) is 0.118. The summed E-state index contributed by atoms with van der Waals surface area (Å²) in [6, 6.07) is 9.44. The van der Waals surface area contributed by atoms with E-state index in [1.807, 2.05) is 6.92 Å². The number of halogens is 1. The third-order valence-corrected chi connectivity index (χ3v) is 3.63. The summed E-state index contributed by atoms with van der Waals surface area (Å²) in [5.41, 5.74) is 3.95. The highest BCUT2D eigenvalue weighted by Crippen LogP contribution is 2.25. The minimum absolute atomic E-state index is 0.0141. The number of phenols is 1. The van der Waals surface area contributed by atoms with E-state index in [0.29, 0.717) is 16.3 Å². The average molecular weight is 362 g/mol. The predicted molar refractivity (Wildman–Crippen MR) is 95.2 cm³/mol. The number of hydrogen-bond donors (Lipinski definition) is 3. The van der Waals surface area contributed by atoms with E-state index in [0.717, 1.165) is 5.56 Å². The van der Waals surface area contributed by atoms with Crippen LogP contribution in [0.5, 0.6) is 11.5 Å². The first-order valence-electron chi connectivity index (χ1n) is 7.18. The molecular formula is C17H16ClN3O4. The summed E-state index contributed by atoms with van der Waals surface area (Å²) in [7, 11) is 1.42. The highest BCUT2D eigenvalue weighted by atomic mass is 35.5. The van der Waals surface area contributed by atoms with Crippen molar-refractivity contribution in [3.05, 3.63) is 52.5 Å². The molecule has 0 heterocycles. The SMILES string of the molecule is COc1cc(/C=N\NC(=O)C(=O)Nc2ccc(C)c(Cl)c2)ccc1O. The van der Waals surface area contributed by atoms with Crippen LogP contribution in [0.25, 0.3) is 0 Å². The topological polar surface area (TPSA) is 100 Å². The zero-order valence-corrected chi connectivity index (χ0v) is 14.3. The lowest BCUT2D eigenvalue weighted by Crippen LogP contribution is -2.32. The molecule has 0 unspecified atom stereocenters. The molecule has 0 spiro atoms. The largest absolute Gasteiger partial charge is 0.504 e. The number of carbonyl (C=O) groups excluding carboxylic acids is 2. The van der Waals surface area contributed by atoms with Gasteiger partial charge in [0.2, 0.25) is 0 Å². The molecule has 2 rings (SSSR count). The smallest absolute Gasteiger partial charge is 0.329 e. The molecule has 0 atom stereocenters. The predicted octanol–water partition coefficient (Wildman–Crippen LogP) is 2.45. The second-order valence-electron chi connectivity index (χ2n) is 5.05. The highest BCUT2D eigenvalue weighted by Gasteiger charge is 2.13. The van der Waals surface area contributed by atoms with Crippen LogP contribution in [0.4, 0.5) is 5.69 Å². The molecule has 7 nitrogen and oxygen atoms in total. The van der Waals surface area contributed by atoms with E-state index in [-0.39, 0.29) is 11.5 Å². The zero-order valence-electron chi connectivity index (χ0n) is 13.5. The second-order valence-corrected chi connectivity index (χ2v) is 5.46. The number of nitrogens with one attached hydrogen (secondary N) is 2. The number of hydrazone groups is 1. The van der Waals surface area contributed by atoms with Gasteiger partial charge in [0.1, 0.15) is 0 Å².